The summed E-state index contributed by atoms with van der Waals surface area (Å²) in [5.74, 6) is -0.908. The van der Waals surface area contributed by atoms with Gasteiger partial charge in [-0.25, -0.2) is 4.79 Å². The Labute approximate surface area is 159 Å². The van der Waals surface area contributed by atoms with Crippen LogP contribution >= 0.6 is 0 Å². The molecule has 0 N–H and O–H groups in total. The number of allylic oxidation sites excluding steroid dienone is 3. The largest absolute Gasteiger partial charge is 0.455 e. The number of amides is 1. The highest BCUT2D eigenvalue weighted by molar-refractivity contribution is 5.93. The first-order valence-electron chi connectivity index (χ1n) is 8.39. The Hall–Kier alpha value is -3.15. The Bertz CT molecular complexity index is 757. The second-order valence-electron chi connectivity index (χ2n) is 6.08. The summed E-state index contributed by atoms with van der Waals surface area (Å²) in [6.45, 7) is 7.03. The van der Waals surface area contributed by atoms with E-state index in [0.717, 1.165) is 5.57 Å². The fraction of sp³-hybridized carbons (Fsp3) is 0.286. The zero-order valence-corrected chi connectivity index (χ0v) is 16.2. The van der Waals surface area contributed by atoms with Crippen molar-refractivity contribution in [2.75, 3.05) is 20.7 Å². The van der Waals surface area contributed by atoms with Crippen LogP contribution in [0.1, 0.15) is 19.4 Å². The fourth-order valence-corrected chi connectivity index (χ4v) is 1.84. The Morgan fingerprint density at radius 1 is 1.11 bits per heavy atom. The van der Waals surface area contributed by atoms with E-state index in [4.69, 9.17) is 9.47 Å². The van der Waals surface area contributed by atoms with Gasteiger partial charge >= 0.3 is 11.9 Å². The topological polar surface area (TPSA) is 72.9 Å². The molecule has 1 rings (SSSR count). The van der Waals surface area contributed by atoms with Crippen LogP contribution in [0.4, 0.5) is 0 Å². The molecular weight excluding hydrogens is 346 g/mol. The van der Waals surface area contributed by atoms with E-state index in [1.807, 2.05) is 6.92 Å². The van der Waals surface area contributed by atoms with Gasteiger partial charge in [-0.2, -0.15) is 0 Å². The Morgan fingerprint density at radius 2 is 1.74 bits per heavy atom. The second-order valence-corrected chi connectivity index (χ2v) is 6.08. The lowest BCUT2D eigenvalue weighted by Gasteiger charge is -2.10. The van der Waals surface area contributed by atoms with E-state index >= 15 is 0 Å². The van der Waals surface area contributed by atoms with Crippen molar-refractivity contribution < 1.29 is 23.9 Å². The summed E-state index contributed by atoms with van der Waals surface area (Å²) in [7, 11) is 3.17. The maximum absolute atomic E-state index is 12.1. The molecule has 144 valence electrons. The van der Waals surface area contributed by atoms with Crippen LogP contribution in [-0.2, 0) is 25.5 Å². The van der Waals surface area contributed by atoms with E-state index in [0.29, 0.717) is 16.9 Å². The first kappa shape index (κ1) is 21.9. The number of rotatable bonds is 8. The molecule has 0 aliphatic carbocycles. The van der Waals surface area contributed by atoms with Gasteiger partial charge in [-0.1, -0.05) is 36.4 Å². The number of benzene rings is 1. The molecular formula is C21H25NO5. The third kappa shape index (κ3) is 8.18. The summed E-state index contributed by atoms with van der Waals surface area (Å²) in [5, 5.41) is 0. The minimum absolute atomic E-state index is 0.0242. The highest BCUT2D eigenvalue weighted by Crippen LogP contribution is 2.15. The van der Waals surface area contributed by atoms with Crippen LogP contribution < -0.4 is 4.74 Å². The zero-order valence-electron chi connectivity index (χ0n) is 16.2. The highest BCUT2D eigenvalue weighted by atomic mass is 16.5. The van der Waals surface area contributed by atoms with Crippen LogP contribution in [0.2, 0.25) is 0 Å². The van der Waals surface area contributed by atoms with Gasteiger partial charge in [0.05, 0.1) is 12.0 Å². The van der Waals surface area contributed by atoms with Crippen molar-refractivity contribution in [2.24, 2.45) is 0 Å². The Kier molecular flexibility index (Phi) is 8.72. The first-order chi connectivity index (χ1) is 12.7. The summed E-state index contributed by atoms with van der Waals surface area (Å²) in [5.41, 5.74) is 1.92. The molecule has 0 aliphatic rings. The first-order valence-corrected chi connectivity index (χ1v) is 8.39. The number of hydrogen-bond donors (Lipinski definition) is 0. The quantitative estimate of drug-likeness (QED) is 0.304. The number of hydrogen-bond acceptors (Lipinski definition) is 5. The van der Waals surface area contributed by atoms with E-state index in [1.165, 1.54) is 4.90 Å². The predicted octanol–water partition coefficient (Wildman–Crippen LogP) is 2.84. The van der Waals surface area contributed by atoms with Gasteiger partial charge in [-0.15, -0.1) is 0 Å². The van der Waals surface area contributed by atoms with Crippen LogP contribution in [0.25, 0.3) is 0 Å². The molecule has 0 unspecified atom stereocenters. The van der Waals surface area contributed by atoms with E-state index in [-0.39, 0.29) is 18.9 Å². The van der Waals surface area contributed by atoms with Gasteiger partial charge in [0.25, 0.3) is 5.91 Å². The van der Waals surface area contributed by atoms with Crippen LogP contribution in [-0.4, -0.2) is 43.4 Å². The van der Waals surface area contributed by atoms with Gasteiger partial charge in [0.1, 0.15) is 5.75 Å². The lowest BCUT2D eigenvalue weighted by Crippen LogP contribution is -2.27. The molecule has 0 aliphatic heterocycles. The van der Waals surface area contributed by atoms with Gasteiger partial charge in [-0.05, 0) is 37.6 Å². The molecule has 0 aromatic heterocycles. The monoisotopic (exact) mass is 371 g/mol. The molecule has 0 saturated carbocycles. The fourth-order valence-electron chi connectivity index (χ4n) is 1.84. The van der Waals surface area contributed by atoms with Crippen molar-refractivity contribution in [1.82, 2.24) is 4.90 Å². The van der Waals surface area contributed by atoms with Crippen molar-refractivity contribution >= 4 is 17.8 Å². The van der Waals surface area contributed by atoms with Crippen LogP contribution in [0.5, 0.6) is 5.75 Å². The molecule has 0 spiro atoms. The Balaban J connectivity index is 2.61. The molecule has 0 radical (unpaired) electrons. The summed E-state index contributed by atoms with van der Waals surface area (Å²) in [4.78, 5) is 36.6. The standard InChI is InChI=1S/C21H25NO5/c1-6-17(10-7-15(2)3)21(25)27-18-11-8-16(9-12-18)13-20(24)26-14-19(23)22(4)5/h6-12H,2,13-14H2,1,3-5H3/b10-7-,17-6+. The lowest BCUT2D eigenvalue weighted by molar-refractivity contribution is -0.150. The molecule has 27 heavy (non-hydrogen) atoms. The minimum atomic E-state index is -0.504. The molecule has 0 bridgehead atoms. The van der Waals surface area contributed by atoms with Gasteiger partial charge in [0, 0.05) is 14.1 Å². The number of esters is 2. The average Bonchev–Trinajstić information content (AvgIpc) is 2.61. The van der Waals surface area contributed by atoms with Crippen LogP contribution in [0.15, 0.2) is 60.2 Å². The van der Waals surface area contributed by atoms with E-state index in [1.54, 1.807) is 63.5 Å². The van der Waals surface area contributed by atoms with E-state index < -0.39 is 11.9 Å². The number of ether oxygens (including phenoxy) is 2. The lowest BCUT2D eigenvalue weighted by atomic mass is 10.1. The van der Waals surface area contributed by atoms with Crippen molar-refractivity contribution in [3.63, 3.8) is 0 Å². The van der Waals surface area contributed by atoms with Gasteiger partial charge in [0.2, 0.25) is 0 Å². The maximum Gasteiger partial charge on any atom is 0.343 e. The number of carbonyl (C=O) groups excluding carboxylic acids is 3. The van der Waals surface area contributed by atoms with Gasteiger partial charge in [-0.3, -0.25) is 9.59 Å². The molecule has 0 atom stereocenters. The third-order valence-corrected chi connectivity index (χ3v) is 3.43. The second kappa shape index (κ2) is 10.8. The van der Waals surface area contributed by atoms with E-state index in [9.17, 15) is 14.4 Å². The molecule has 6 heteroatoms. The van der Waals surface area contributed by atoms with Crippen molar-refractivity contribution in [1.29, 1.82) is 0 Å². The molecule has 6 nitrogen and oxygen atoms in total. The smallest absolute Gasteiger partial charge is 0.343 e. The third-order valence-electron chi connectivity index (χ3n) is 3.43. The normalized spacial score (nSPS) is 11.2. The molecule has 0 heterocycles. The van der Waals surface area contributed by atoms with Gasteiger partial charge < -0.3 is 14.4 Å². The van der Waals surface area contributed by atoms with Crippen molar-refractivity contribution in [2.45, 2.75) is 20.3 Å². The predicted molar refractivity (Wildman–Crippen MR) is 103 cm³/mol. The SMILES string of the molecule is C=C(C)/C=C\C(=C/C)C(=O)Oc1ccc(CC(=O)OCC(=O)N(C)C)cc1. The number of carbonyl (C=O) groups is 3. The van der Waals surface area contributed by atoms with Crippen LogP contribution in [0.3, 0.4) is 0 Å². The maximum atomic E-state index is 12.1. The summed E-state index contributed by atoms with van der Waals surface area (Å²) in [6.07, 6.45) is 5.05. The molecule has 1 aromatic carbocycles. The minimum Gasteiger partial charge on any atom is -0.455 e. The van der Waals surface area contributed by atoms with Crippen LogP contribution in [0, 0.1) is 0 Å². The summed E-state index contributed by atoms with van der Waals surface area (Å²) in [6, 6.07) is 6.52. The summed E-state index contributed by atoms with van der Waals surface area (Å²) < 4.78 is 10.2. The van der Waals surface area contributed by atoms with Crippen molar-refractivity contribution in [3.05, 3.63) is 65.8 Å². The summed E-state index contributed by atoms with van der Waals surface area (Å²) >= 11 is 0. The zero-order chi connectivity index (χ0) is 20.4. The Morgan fingerprint density at radius 3 is 2.26 bits per heavy atom. The highest BCUT2D eigenvalue weighted by Gasteiger charge is 2.11. The molecule has 0 fully saturated rings. The average molecular weight is 371 g/mol. The molecule has 1 aromatic rings. The van der Waals surface area contributed by atoms with E-state index in [2.05, 4.69) is 6.58 Å². The van der Waals surface area contributed by atoms with Crippen molar-refractivity contribution in [3.8, 4) is 5.75 Å². The molecule has 1 amide bonds. The number of likely N-dealkylation sites (N-methyl/N-ethyl adjacent to an activating group) is 1. The van der Waals surface area contributed by atoms with Gasteiger partial charge in [0.15, 0.2) is 6.61 Å². The molecule has 0 saturated heterocycles. The number of nitrogens with zero attached hydrogens (tertiary/aromatic N) is 1.